The molecule has 0 aliphatic rings. The minimum atomic E-state index is -3.59. The van der Waals surface area contributed by atoms with Crippen LogP contribution in [0.25, 0.3) is 0 Å². The summed E-state index contributed by atoms with van der Waals surface area (Å²) in [6.07, 6.45) is 4.22. The van der Waals surface area contributed by atoms with E-state index in [1.165, 1.54) is 0 Å². The van der Waals surface area contributed by atoms with Crippen molar-refractivity contribution in [3.05, 3.63) is 30.3 Å². The third-order valence-electron chi connectivity index (χ3n) is 3.03. The van der Waals surface area contributed by atoms with Gasteiger partial charge >= 0.3 is 0 Å². The monoisotopic (exact) mass is 270 g/mol. The minimum Gasteiger partial charge on any atom is -0.266 e. The van der Waals surface area contributed by atoms with Gasteiger partial charge in [-0.25, -0.2) is 0 Å². The molecule has 0 N–H and O–H groups in total. The zero-order valence-corrected chi connectivity index (χ0v) is 11.9. The van der Waals surface area contributed by atoms with Gasteiger partial charge in [0.25, 0.3) is 10.1 Å². The first-order valence-corrected chi connectivity index (χ1v) is 7.95. The summed E-state index contributed by atoms with van der Waals surface area (Å²) >= 11 is 0. The van der Waals surface area contributed by atoms with Crippen molar-refractivity contribution in [2.24, 2.45) is 5.92 Å². The highest BCUT2D eigenvalue weighted by atomic mass is 32.2. The molecular formula is C14H22O3S. The van der Waals surface area contributed by atoms with Crippen LogP contribution in [0.15, 0.2) is 35.2 Å². The fourth-order valence-corrected chi connectivity index (χ4v) is 2.74. The van der Waals surface area contributed by atoms with Gasteiger partial charge in [0.2, 0.25) is 0 Å². The van der Waals surface area contributed by atoms with Crippen molar-refractivity contribution in [3.63, 3.8) is 0 Å². The van der Waals surface area contributed by atoms with E-state index in [1.807, 2.05) is 0 Å². The van der Waals surface area contributed by atoms with E-state index in [2.05, 4.69) is 13.8 Å². The largest absolute Gasteiger partial charge is 0.296 e. The van der Waals surface area contributed by atoms with Crippen LogP contribution in [0.5, 0.6) is 0 Å². The lowest BCUT2D eigenvalue weighted by atomic mass is 10.0. The molecule has 0 saturated carbocycles. The minimum absolute atomic E-state index is 0.232. The lowest BCUT2D eigenvalue weighted by Gasteiger charge is -2.14. The van der Waals surface area contributed by atoms with Crippen molar-refractivity contribution in [2.45, 2.75) is 44.4 Å². The Morgan fingerprint density at radius 1 is 1.17 bits per heavy atom. The van der Waals surface area contributed by atoms with Crippen LogP contribution in [0.2, 0.25) is 0 Å². The highest BCUT2D eigenvalue weighted by Gasteiger charge is 2.17. The van der Waals surface area contributed by atoms with Crippen molar-refractivity contribution in [1.82, 2.24) is 0 Å². The van der Waals surface area contributed by atoms with Gasteiger partial charge in [-0.3, -0.25) is 4.18 Å². The zero-order chi connectivity index (χ0) is 13.4. The lowest BCUT2D eigenvalue weighted by Crippen LogP contribution is -2.14. The predicted octanol–water partition coefficient (Wildman–Crippen LogP) is 3.61. The van der Waals surface area contributed by atoms with E-state index in [1.54, 1.807) is 30.3 Å². The van der Waals surface area contributed by atoms with Gasteiger partial charge in [0.15, 0.2) is 0 Å². The number of rotatable bonds is 8. The molecule has 0 amide bonds. The molecule has 102 valence electrons. The molecule has 0 heterocycles. The topological polar surface area (TPSA) is 43.4 Å². The third-order valence-corrected chi connectivity index (χ3v) is 4.33. The van der Waals surface area contributed by atoms with E-state index >= 15 is 0 Å². The van der Waals surface area contributed by atoms with Crippen LogP contribution in [-0.4, -0.2) is 15.0 Å². The number of unbranched alkanes of at least 4 members (excludes halogenated alkanes) is 1. The molecule has 1 aromatic rings. The summed E-state index contributed by atoms with van der Waals surface area (Å²) in [5.41, 5.74) is 0. The van der Waals surface area contributed by atoms with E-state index in [-0.39, 0.29) is 11.5 Å². The first kappa shape index (κ1) is 15.2. The van der Waals surface area contributed by atoms with Gasteiger partial charge in [0.05, 0.1) is 11.5 Å². The Morgan fingerprint density at radius 3 is 2.39 bits per heavy atom. The van der Waals surface area contributed by atoms with Gasteiger partial charge in [0.1, 0.15) is 0 Å². The molecule has 3 nitrogen and oxygen atoms in total. The summed E-state index contributed by atoms with van der Waals surface area (Å²) in [5.74, 6) is 0.323. The van der Waals surface area contributed by atoms with Crippen LogP contribution in [0.1, 0.15) is 39.5 Å². The van der Waals surface area contributed by atoms with Gasteiger partial charge in [0, 0.05) is 0 Å². The summed E-state index contributed by atoms with van der Waals surface area (Å²) in [7, 11) is -3.59. The molecule has 0 aliphatic heterocycles. The summed E-state index contributed by atoms with van der Waals surface area (Å²) in [6, 6.07) is 8.30. The van der Waals surface area contributed by atoms with Gasteiger partial charge in [-0.15, -0.1) is 0 Å². The number of hydrogen-bond acceptors (Lipinski definition) is 3. The van der Waals surface area contributed by atoms with Crippen LogP contribution >= 0.6 is 0 Å². The fraction of sp³-hybridized carbons (Fsp3) is 0.571. The zero-order valence-electron chi connectivity index (χ0n) is 11.1. The molecular weight excluding hydrogens is 248 g/mol. The van der Waals surface area contributed by atoms with Crippen molar-refractivity contribution in [3.8, 4) is 0 Å². The quantitative estimate of drug-likeness (QED) is 0.678. The average Bonchev–Trinajstić information content (AvgIpc) is 2.40. The van der Waals surface area contributed by atoms with Crippen LogP contribution in [0.4, 0.5) is 0 Å². The third kappa shape index (κ3) is 4.78. The molecule has 0 bridgehead atoms. The summed E-state index contributed by atoms with van der Waals surface area (Å²) in [6.45, 7) is 4.49. The summed E-state index contributed by atoms with van der Waals surface area (Å²) < 4.78 is 28.9. The van der Waals surface area contributed by atoms with Crippen molar-refractivity contribution in [1.29, 1.82) is 0 Å². The maximum absolute atomic E-state index is 11.9. The lowest BCUT2D eigenvalue weighted by molar-refractivity contribution is 0.238. The normalized spacial score (nSPS) is 13.4. The van der Waals surface area contributed by atoms with Gasteiger partial charge in [-0.05, 0) is 24.5 Å². The van der Waals surface area contributed by atoms with E-state index < -0.39 is 10.1 Å². The van der Waals surface area contributed by atoms with Crippen LogP contribution < -0.4 is 0 Å². The first-order valence-electron chi connectivity index (χ1n) is 6.54. The highest BCUT2D eigenvalue weighted by Crippen LogP contribution is 2.17. The molecule has 18 heavy (non-hydrogen) atoms. The molecule has 4 heteroatoms. The van der Waals surface area contributed by atoms with E-state index in [0.29, 0.717) is 5.92 Å². The molecule has 0 spiro atoms. The van der Waals surface area contributed by atoms with Crippen molar-refractivity contribution < 1.29 is 12.6 Å². The standard InChI is InChI=1S/C14H22O3S/c1-3-5-9-13(4-2)12-17-18(15,16)14-10-7-6-8-11-14/h6-8,10-11,13H,3-5,9,12H2,1-2H3. The molecule has 1 rings (SSSR count). The SMILES string of the molecule is CCCCC(CC)COS(=O)(=O)c1ccccc1. The second-order valence-corrected chi connectivity index (χ2v) is 6.08. The summed E-state index contributed by atoms with van der Waals surface area (Å²) in [4.78, 5) is 0.232. The maximum atomic E-state index is 11.9. The Balaban J connectivity index is 2.56. The van der Waals surface area contributed by atoms with Crippen LogP contribution in [0, 0.1) is 5.92 Å². The Kier molecular flexibility index (Phi) is 6.36. The van der Waals surface area contributed by atoms with E-state index in [0.717, 1.165) is 25.7 Å². The molecule has 0 radical (unpaired) electrons. The van der Waals surface area contributed by atoms with Crippen LogP contribution in [-0.2, 0) is 14.3 Å². The molecule has 1 unspecified atom stereocenters. The maximum Gasteiger partial charge on any atom is 0.296 e. The Bertz CT molecular complexity index is 426. The molecule has 1 aromatic carbocycles. The van der Waals surface area contributed by atoms with E-state index in [9.17, 15) is 8.42 Å². The first-order chi connectivity index (χ1) is 8.60. The molecule has 0 fully saturated rings. The molecule has 1 atom stereocenters. The van der Waals surface area contributed by atoms with Gasteiger partial charge in [-0.2, -0.15) is 8.42 Å². The van der Waals surface area contributed by atoms with E-state index in [4.69, 9.17) is 4.18 Å². The Labute approximate surface area is 110 Å². The molecule has 0 aliphatic carbocycles. The number of hydrogen-bond donors (Lipinski definition) is 0. The van der Waals surface area contributed by atoms with Crippen LogP contribution in [0.3, 0.4) is 0 Å². The molecule has 0 aromatic heterocycles. The van der Waals surface area contributed by atoms with Crippen molar-refractivity contribution in [2.75, 3.05) is 6.61 Å². The van der Waals surface area contributed by atoms with Crippen molar-refractivity contribution >= 4 is 10.1 Å². The molecule has 0 saturated heterocycles. The predicted molar refractivity (Wildman–Crippen MR) is 72.9 cm³/mol. The average molecular weight is 270 g/mol. The number of benzene rings is 1. The highest BCUT2D eigenvalue weighted by molar-refractivity contribution is 7.86. The second-order valence-electron chi connectivity index (χ2n) is 4.47. The van der Waals surface area contributed by atoms with Gasteiger partial charge in [-0.1, -0.05) is 51.3 Å². The Hall–Kier alpha value is -0.870. The Morgan fingerprint density at radius 2 is 1.83 bits per heavy atom. The smallest absolute Gasteiger partial charge is 0.266 e. The fourth-order valence-electron chi connectivity index (χ4n) is 1.74. The van der Waals surface area contributed by atoms with Gasteiger partial charge < -0.3 is 0 Å². The second kappa shape index (κ2) is 7.54. The summed E-state index contributed by atoms with van der Waals surface area (Å²) in [5, 5.41) is 0.